The molecule has 1 atom stereocenters. The number of nitrogens with zero attached hydrogens (tertiary/aromatic N) is 2. The molecule has 0 aliphatic carbocycles. The quantitative estimate of drug-likeness (QED) is 0.806. The predicted molar refractivity (Wildman–Crippen MR) is 88.3 cm³/mol. The Labute approximate surface area is 136 Å². The van der Waals surface area contributed by atoms with Crippen molar-refractivity contribution in [1.29, 1.82) is 5.26 Å². The first kappa shape index (κ1) is 16.6. The number of hydrogen-bond donors (Lipinski definition) is 0. The monoisotopic (exact) mass is 308 g/mol. The molecule has 0 aliphatic rings. The van der Waals surface area contributed by atoms with E-state index in [1.54, 1.807) is 0 Å². The molecule has 0 bridgehead atoms. The smallest absolute Gasteiger partial charge is 0.411 e. The van der Waals surface area contributed by atoms with Gasteiger partial charge in [-0.15, -0.1) is 0 Å². The van der Waals surface area contributed by atoms with Gasteiger partial charge in [-0.2, -0.15) is 5.26 Å². The highest BCUT2D eigenvalue weighted by Gasteiger charge is 2.23. The maximum atomic E-state index is 12.4. The standard InChI is InChI=1S/C19H20N2O2/c1-2-18(13-20)21(14-16-9-5-3-6-10-16)19(22)23-15-17-11-7-4-8-12-17/h3-12,18H,2,14-15H2,1H3. The van der Waals surface area contributed by atoms with E-state index in [1.807, 2.05) is 67.6 Å². The Kier molecular flexibility index (Phi) is 6.19. The Hall–Kier alpha value is -2.80. The molecule has 2 aromatic carbocycles. The average Bonchev–Trinajstić information content (AvgIpc) is 2.61. The number of amides is 1. The van der Waals surface area contributed by atoms with Crippen molar-refractivity contribution in [1.82, 2.24) is 4.90 Å². The second kappa shape index (κ2) is 8.60. The molecule has 0 spiro atoms. The number of ether oxygens (including phenoxy) is 1. The number of carbonyl (C=O) groups excluding carboxylic acids is 1. The Morgan fingerprint density at radius 1 is 1.09 bits per heavy atom. The second-order valence-corrected chi connectivity index (χ2v) is 5.21. The fourth-order valence-electron chi connectivity index (χ4n) is 2.27. The number of hydrogen-bond acceptors (Lipinski definition) is 3. The molecule has 0 aromatic heterocycles. The van der Waals surface area contributed by atoms with E-state index in [-0.39, 0.29) is 6.61 Å². The molecule has 2 rings (SSSR count). The summed E-state index contributed by atoms with van der Waals surface area (Å²) < 4.78 is 5.38. The molecule has 0 heterocycles. The van der Waals surface area contributed by atoms with Gasteiger partial charge in [-0.05, 0) is 17.5 Å². The number of benzene rings is 2. The van der Waals surface area contributed by atoms with E-state index in [0.29, 0.717) is 13.0 Å². The summed E-state index contributed by atoms with van der Waals surface area (Å²) in [6.07, 6.45) is 0.0927. The van der Waals surface area contributed by atoms with Gasteiger partial charge in [0, 0.05) is 0 Å². The summed E-state index contributed by atoms with van der Waals surface area (Å²) >= 11 is 0. The fourth-order valence-corrected chi connectivity index (χ4v) is 2.27. The summed E-state index contributed by atoms with van der Waals surface area (Å²) in [6.45, 7) is 2.45. The van der Waals surface area contributed by atoms with Crippen LogP contribution in [0.2, 0.25) is 0 Å². The molecule has 0 aliphatic heterocycles. The van der Waals surface area contributed by atoms with E-state index >= 15 is 0 Å². The number of nitriles is 1. The van der Waals surface area contributed by atoms with E-state index in [0.717, 1.165) is 11.1 Å². The highest BCUT2D eigenvalue weighted by Crippen LogP contribution is 2.13. The van der Waals surface area contributed by atoms with Crippen molar-refractivity contribution in [2.24, 2.45) is 0 Å². The first-order chi connectivity index (χ1) is 11.2. The third-order valence-corrected chi connectivity index (χ3v) is 3.55. The van der Waals surface area contributed by atoms with Crippen molar-refractivity contribution < 1.29 is 9.53 Å². The lowest BCUT2D eigenvalue weighted by Gasteiger charge is -2.26. The van der Waals surface area contributed by atoms with Gasteiger partial charge in [-0.3, -0.25) is 4.90 Å². The lowest BCUT2D eigenvalue weighted by atomic mass is 10.1. The SMILES string of the molecule is CCC(C#N)N(Cc1ccccc1)C(=O)OCc1ccccc1. The molecule has 4 heteroatoms. The van der Waals surface area contributed by atoms with Crippen LogP contribution in [0.15, 0.2) is 60.7 Å². The van der Waals surface area contributed by atoms with E-state index in [1.165, 1.54) is 4.90 Å². The molecule has 0 saturated heterocycles. The number of rotatable bonds is 6. The minimum absolute atomic E-state index is 0.201. The maximum Gasteiger partial charge on any atom is 0.411 e. The zero-order valence-corrected chi connectivity index (χ0v) is 13.2. The third kappa shape index (κ3) is 4.86. The van der Waals surface area contributed by atoms with Crippen molar-refractivity contribution in [3.8, 4) is 6.07 Å². The molecule has 1 amide bonds. The van der Waals surface area contributed by atoms with E-state index in [2.05, 4.69) is 6.07 Å². The van der Waals surface area contributed by atoms with Gasteiger partial charge in [0.15, 0.2) is 0 Å². The van der Waals surface area contributed by atoms with Gasteiger partial charge in [0.25, 0.3) is 0 Å². The summed E-state index contributed by atoms with van der Waals surface area (Å²) in [6, 6.07) is 20.8. The van der Waals surface area contributed by atoms with Gasteiger partial charge < -0.3 is 4.74 Å². The van der Waals surface area contributed by atoms with Gasteiger partial charge >= 0.3 is 6.09 Å². The van der Waals surface area contributed by atoms with Gasteiger partial charge in [0.1, 0.15) is 12.6 Å². The minimum atomic E-state index is -0.501. The number of carbonyl (C=O) groups is 1. The largest absolute Gasteiger partial charge is 0.445 e. The molecule has 1 unspecified atom stereocenters. The van der Waals surface area contributed by atoms with Crippen LogP contribution in [0.25, 0.3) is 0 Å². The highest BCUT2D eigenvalue weighted by molar-refractivity contribution is 5.68. The molecular formula is C19H20N2O2. The first-order valence-corrected chi connectivity index (χ1v) is 7.65. The molecule has 118 valence electrons. The van der Waals surface area contributed by atoms with Crippen LogP contribution in [0, 0.1) is 11.3 Å². The third-order valence-electron chi connectivity index (χ3n) is 3.55. The van der Waals surface area contributed by atoms with E-state index < -0.39 is 12.1 Å². The highest BCUT2D eigenvalue weighted by atomic mass is 16.6. The van der Waals surface area contributed by atoms with Crippen LogP contribution in [-0.4, -0.2) is 17.0 Å². The van der Waals surface area contributed by atoms with Gasteiger partial charge in [-0.1, -0.05) is 67.6 Å². The summed E-state index contributed by atoms with van der Waals surface area (Å²) in [5, 5.41) is 9.31. The van der Waals surface area contributed by atoms with Crippen LogP contribution in [0.3, 0.4) is 0 Å². The van der Waals surface area contributed by atoms with Crippen LogP contribution in [-0.2, 0) is 17.9 Å². The van der Waals surface area contributed by atoms with Crippen LogP contribution in [0.1, 0.15) is 24.5 Å². The Morgan fingerprint density at radius 3 is 2.17 bits per heavy atom. The van der Waals surface area contributed by atoms with Crippen LogP contribution >= 0.6 is 0 Å². The lowest BCUT2D eigenvalue weighted by Crippen LogP contribution is -2.39. The topological polar surface area (TPSA) is 53.3 Å². The van der Waals surface area contributed by atoms with Crippen LogP contribution < -0.4 is 0 Å². The summed E-state index contributed by atoms with van der Waals surface area (Å²) in [4.78, 5) is 13.9. The summed E-state index contributed by atoms with van der Waals surface area (Å²) in [7, 11) is 0. The zero-order chi connectivity index (χ0) is 16.5. The maximum absolute atomic E-state index is 12.4. The molecule has 0 radical (unpaired) electrons. The second-order valence-electron chi connectivity index (χ2n) is 5.21. The van der Waals surface area contributed by atoms with Crippen LogP contribution in [0.4, 0.5) is 4.79 Å². The molecule has 0 saturated carbocycles. The first-order valence-electron chi connectivity index (χ1n) is 7.65. The average molecular weight is 308 g/mol. The molecule has 23 heavy (non-hydrogen) atoms. The van der Waals surface area contributed by atoms with Crippen molar-refractivity contribution in [3.63, 3.8) is 0 Å². The molecule has 4 nitrogen and oxygen atoms in total. The van der Waals surface area contributed by atoms with Crippen molar-refractivity contribution in [3.05, 3.63) is 71.8 Å². The molecule has 2 aromatic rings. The molecular weight excluding hydrogens is 288 g/mol. The van der Waals surface area contributed by atoms with Crippen molar-refractivity contribution in [2.75, 3.05) is 0 Å². The van der Waals surface area contributed by atoms with Crippen LogP contribution in [0.5, 0.6) is 0 Å². The summed E-state index contributed by atoms with van der Waals surface area (Å²) in [5.41, 5.74) is 1.89. The van der Waals surface area contributed by atoms with Gasteiger partial charge in [0.05, 0.1) is 12.6 Å². The lowest BCUT2D eigenvalue weighted by molar-refractivity contribution is 0.0847. The normalized spacial score (nSPS) is 11.3. The van der Waals surface area contributed by atoms with E-state index in [4.69, 9.17) is 4.74 Å². The molecule has 0 fully saturated rings. The van der Waals surface area contributed by atoms with Gasteiger partial charge in [0.2, 0.25) is 0 Å². The molecule has 0 N–H and O–H groups in total. The Bertz CT molecular complexity index is 650. The van der Waals surface area contributed by atoms with Crippen molar-refractivity contribution in [2.45, 2.75) is 32.5 Å². The fraction of sp³-hybridized carbons (Fsp3) is 0.263. The van der Waals surface area contributed by atoms with E-state index in [9.17, 15) is 10.1 Å². The summed E-state index contributed by atoms with van der Waals surface area (Å²) in [5.74, 6) is 0. The van der Waals surface area contributed by atoms with Gasteiger partial charge in [-0.25, -0.2) is 4.79 Å². The minimum Gasteiger partial charge on any atom is -0.445 e. The Balaban J connectivity index is 2.06. The Morgan fingerprint density at radius 2 is 1.65 bits per heavy atom. The zero-order valence-electron chi connectivity index (χ0n) is 13.2. The predicted octanol–water partition coefficient (Wildman–Crippen LogP) is 4.13. The van der Waals surface area contributed by atoms with Crippen molar-refractivity contribution >= 4 is 6.09 Å².